The molecule has 0 aromatic carbocycles. The van der Waals surface area contributed by atoms with E-state index in [0.29, 0.717) is 0 Å². The van der Waals surface area contributed by atoms with Crippen molar-refractivity contribution < 1.29 is 9.47 Å². The molecule has 0 unspecified atom stereocenters. The van der Waals surface area contributed by atoms with E-state index < -0.39 is 23.6 Å². The second-order valence-corrected chi connectivity index (χ2v) is 3.73. The molecule has 0 saturated carbocycles. The third kappa shape index (κ3) is 1.75. The molecule has 2 heterocycles. The van der Waals surface area contributed by atoms with E-state index in [2.05, 4.69) is 10.0 Å². The van der Waals surface area contributed by atoms with Gasteiger partial charge in [-0.1, -0.05) is 5.11 Å². The number of nitrogens with zero attached hydrogens (tertiary/aromatic N) is 5. The van der Waals surface area contributed by atoms with Gasteiger partial charge in [-0.05, 0) is 5.53 Å². The van der Waals surface area contributed by atoms with Crippen LogP contribution in [-0.4, -0.2) is 28.9 Å². The van der Waals surface area contributed by atoms with Gasteiger partial charge >= 0.3 is 5.69 Å². The molecule has 0 bridgehead atoms. The average Bonchev–Trinajstić information content (AvgIpc) is 2.71. The molecule has 2 atom stereocenters. The molecule has 0 aliphatic carbocycles. The molecule has 9 heteroatoms. The summed E-state index contributed by atoms with van der Waals surface area (Å²) in [5.41, 5.74) is 7.28. The second kappa shape index (κ2) is 4.55. The molecule has 0 spiro atoms. The van der Waals surface area contributed by atoms with E-state index in [1.807, 2.05) is 0 Å². The van der Waals surface area contributed by atoms with Gasteiger partial charge in [0.05, 0.1) is 12.6 Å². The summed E-state index contributed by atoms with van der Waals surface area (Å²) in [5, 5.41) is 3.38. The van der Waals surface area contributed by atoms with Gasteiger partial charge in [-0.15, -0.1) is 0 Å². The van der Waals surface area contributed by atoms with Crippen LogP contribution in [0.25, 0.3) is 10.4 Å². The van der Waals surface area contributed by atoms with Crippen molar-refractivity contribution in [2.75, 3.05) is 13.7 Å². The van der Waals surface area contributed by atoms with E-state index in [4.69, 9.17) is 15.0 Å². The summed E-state index contributed by atoms with van der Waals surface area (Å²) in [6.07, 6.45) is -1.34. The third-order valence-electron chi connectivity index (χ3n) is 2.72. The molecule has 1 aliphatic heterocycles. The van der Waals surface area contributed by atoms with E-state index in [1.54, 1.807) is 0 Å². The standard InChI is InChI=1S/C9H11N5O4/c1-13-6(15)3-7-14(9(13)16)8(17-2)5(18-7)4-11-12-10/h3,5,8H,4H2,1-2H3/t5-,8+/m0/s1. The lowest BCUT2D eigenvalue weighted by atomic mass is 10.3. The number of azide groups is 1. The van der Waals surface area contributed by atoms with E-state index in [9.17, 15) is 9.59 Å². The summed E-state index contributed by atoms with van der Waals surface area (Å²) < 4.78 is 12.7. The summed E-state index contributed by atoms with van der Waals surface area (Å²) in [4.78, 5) is 26.0. The summed E-state index contributed by atoms with van der Waals surface area (Å²) >= 11 is 0. The van der Waals surface area contributed by atoms with Crippen molar-refractivity contribution in [3.05, 3.63) is 37.3 Å². The predicted octanol–water partition coefficient (Wildman–Crippen LogP) is -0.237. The SMILES string of the molecule is CO[C@@H]1[C@H](CN=[N+]=[N-])Oc2cc(=O)n(C)c(=O)n21. The molecule has 1 aromatic heterocycles. The van der Waals surface area contributed by atoms with Crippen molar-refractivity contribution in [3.63, 3.8) is 0 Å². The van der Waals surface area contributed by atoms with Crippen molar-refractivity contribution in [2.24, 2.45) is 12.2 Å². The lowest BCUT2D eigenvalue weighted by molar-refractivity contribution is -0.00354. The molecule has 2 rings (SSSR count). The topological polar surface area (TPSA) is 111 Å². The minimum absolute atomic E-state index is 0.00797. The number of rotatable bonds is 3. The highest BCUT2D eigenvalue weighted by Crippen LogP contribution is 2.28. The van der Waals surface area contributed by atoms with Gasteiger partial charge in [-0.25, -0.2) is 9.36 Å². The Morgan fingerprint density at radius 1 is 1.61 bits per heavy atom. The predicted molar refractivity (Wildman–Crippen MR) is 60.4 cm³/mol. The fourth-order valence-corrected chi connectivity index (χ4v) is 1.83. The molecule has 0 saturated heterocycles. The molecule has 0 amide bonds. The maximum absolute atomic E-state index is 11.9. The molecular weight excluding hydrogens is 242 g/mol. The fraction of sp³-hybridized carbons (Fsp3) is 0.556. The molecule has 0 fully saturated rings. The molecule has 96 valence electrons. The van der Waals surface area contributed by atoms with Gasteiger partial charge in [-0.3, -0.25) is 9.36 Å². The van der Waals surface area contributed by atoms with Gasteiger partial charge in [0.25, 0.3) is 5.56 Å². The van der Waals surface area contributed by atoms with E-state index in [-0.39, 0.29) is 12.4 Å². The Morgan fingerprint density at radius 3 is 2.94 bits per heavy atom. The Bertz CT molecular complexity index is 627. The van der Waals surface area contributed by atoms with Crippen LogP contribution >= 0.6 is 0 Å². The highest BCUT2D eigenvalue weighted by Gasteiger charge is 2.35. The minimum Gasteiger partial charge on any atom is -0.470 e. The van der Waals surface area contributed by atoms with Gasteiger partial charge in [0, 0.05) is 19.1 Å². The van der Waals surface area contributed by atoms with Crippen LogP contribution in [0, 0.1) is 0 Å². The zero-order chi connectivity index (χ0) is 13.3. The number of aromatic nitrogens is 2. The van der Waals surface area contributed by atoms with E-state index in [1.165, 1.54) is 24.8 Å². The second-order valence-electron chi connectivity index (χ2n) is 3.73. The number of hydrogen-bond donors (Lipinski definition) is 0. The van der Waals surface area contributed by atoms with Crippen LogP contribution in [-0.2, 0) is 11.8 Å². The van der Waals surface area contributed by atoms with Gasteiger partial charge < -0.3 is 9.47 Å². The van der Waals surface area contributed by atoms with Crippen LogP contribution in [0.3, 0.4) is 0 Å². The summed E-state index contributed by atoms with van der Waals surface area (Å²) in [5.74, 6) is 0.119. The van der Waals surface area contributed by atoms with Crippen LogP contribution in [0.2, 0.25) is 0 Å². The van der Waals surface area contributed by atoms with Crippen LogP contribution < -0.4 is 16.0 Å². The van der Waals surface area contributed by atoms with Crippen LogP contribution in [0.1, 0.15) is 6.23 Å². The van der Waals surface area contributed by atoms with Crippen LogP contribution in [0.5, 0.6) is 5.88 Å². The maximum Gasteiger partial charge on any atom is 0.335 e. The molecule has 9 nitrogen and oxygen atoms in total. The Labute approximate surface area is 101 Å². The lowest BCUT2D eigenvalue weighted by Crippen LogP contribution is -2.39. The average molecular weight is 253 g/mol. The molecule has 0 radical (unpaired) electrons. The highest BCUT2D eigenvalue weighted by molar-refractivity contribution is 5.15. The quantitative estimate of drug-likeness (QED) is 0.420. The Kier molecular flexibility index (Phi) is 3.09. The molecule has 0 N–H and O–H groups in total. The van der Waals surface area contributed by atoms with Gasteiger partial charge in [0.1, 0.15) is 0 Å². The van der Waals surface area contributed by atoms with Crippen molar-refractivity contribution in [3.8, 4) is 5.88 Å². The van der Waals surface area contributed by atoms with Gasteiger partial charge in [0.2, 0.25) is 5.88 Å². The molecule has 1 aromatic rings. The number of hydrogen-bond acceptors (Lipinski definition) is 5. The van der Waals surface area contributed by atoms with E-state index in [0.717, 1.165) is 4.57 Å². The summed E-state index contributed by atoms with van der Waals surface area (Å²) in [6.45, 7) is 0.00797. The van der Waals surface area contributed by atoms with Crippen molar-refractivity contribution in [1.82, 2.24) is 9.13 Å². The molecule has 1 aliphatic rings. The number of ether oxygens (including phenoxy) is 2. The summed E-state index contributed by atoms with van der Waals surface area (Å²) in [6, 6.07) is 1.20. The van der Waals surface area contributed by atoms with Crippen molar-refractivity contribution in [1.29, 1.82) is 0 Å². The maximum atomic E-state index is 11.9. The van der Waals surface area contributed by atoms with Gasteiger partial charge in [0.15, 0.2) is 12.3 Å². The number of methoxy groups -OCH3 is 1. The Hall–Kier alpha value is -2.25. The fourth-order valence-electron chi connectivity index (χ4n) is 1.83. The van der Waals surface area contributed by atoms with Crippen molar-refractivity contribution in [2.45, 2.75) is 12.3 Å². The first kappa shape index (κ1) is 12.2. The first-order valence-electron chi connectivity index (χ1n) is 5.13. The molecular formula is C9H11N5O4. The zero-order valence-electron chi connectivity index (χ0n) is 9.81. The lowest BCUT2D eigenvalue weighted by Gasteiger charge is -2.15. The Morgan fingerprint density at radius 2 is 2.33 bits per heavy atom. The normalized spacial score (nSPS) is 21.0. The Balaban J connectivity index is 2.52. The third-order valence-corrected chi connectivity index (χ3v) is 2.72. The monoisotopic (exact) mass is 253 g/mol. The largest absolute Gasteiger partial charge is 0.470 e. The van der Waals surface area contributed by atoms with E-state index >= 15 is 0 Å². The first-order chi connectivity index (χ1) is 8.60. The minimum atomic E-state index is -0.718. The molecule has 18 heavy (non-hydrogen) atoms. The smallest absolute Gasteiger partial charge is 0.335 e. The number of fused-ring (bicyclic) bond motifs is 1. The van der Waals surface area contributed by atoms with Gasteiger partial charge in [-0.2, -0.15) is 0 Å². The summed E-state index contributed by atoms with van der Waals surface area (Å²) in [7, 11) is 2.77. The zero-order valence-corrected chi connectivity index (χ0v) is 9.81. The highest BCUT2D eigenvalue weighted by atomic mass is 16.6. The van der Waals surface area contributed by atoms with Crippen LogP contribution in [0.15, 0.2) is 20.8 Å². The van der Waals surface area contributed by atoms with Crippen LogP contribution in [0.4, 0.5) is 0 Å². The first-order valence-corrected chi connectivity index (χ1v) is 5.13. The van der Waals surface area contributed by atoms with Crippen molar-refractivity contribution >= 4 is 0 Å².